The van der Waals surface area contributed by atoms with Gasteiger partial charge in [-0.2, -0.15) is 0 Å². The second-order valence-corrected chi connectivity index (χ2v) is 8.71. The Bertz CT molecular complexity index is 534. The van der Waals surface area contributed by atoms with Gasteiger partial charge in [0.25, 0.3) is 0 Å². The van der Waals surface area contributed by atoms with Crippen molar-refractivity contribution in [3.8, 4) is 0 Å². The van der Waals surface area contributed by atoms with Crippen molar-refractivity contribution < 1.29 is 4.79 Å². The van der Waals surface area contributed by atoms with E-state index in [1.807, 2.05) is 11.8 Å². The van der Waals surface area contributed by atoms with Gasteiger partial charge in [0.15, 0.2) is 0 Å². The van der Waals surface area contributed by atoms with Crippen LogP contribution in [0.4, 0.5) is 0 Å². The zero-order chi connectivity index (χ0) is 15.0. The lowest BCUT2D eigenvalue weighted by atomic mass is 9.65. The first-order valence-corrected chi connectivity index (χ1v) is 9.20. The van der Waals surface area contributed by atoms with Crippen LogP contribution in [0.3, 0.4) is 0 Å². The van der Waals surface area contributed by atoms with Crippen LogP contribution in [-0.2, 0) is 4.79 Å². The highest BCUT2D eigenvalue weighted by Gasteiger charge is 2.40. The first-order chi connectivity index (χ1) is 9.97. The van der Waals surface area contributed by atoms with E-state index in [0.29, 0.717) is 17.6 Å². The Hall–Kier alpha value is -0.760. The molecule has 0 bridgehead atoms. The molecule has 2 aliphatic rings. The van der Waals surface area contributed by atoms with Crippen LogP contribution < -0.4 is 0 Å². The molecule has 0 amide bonds. The van der Waals surface area contributed by atoms with Gasteiger partial charge < -0.3 is 0 Å². The molecule has 0 aromatic heterocycles. The van der Waals surface area contributed by atoms with Crippen LogP contribution >= 0.6 is 11.8 Å². The number of carbonyl (C=O) groups is 1. The van der Waals surface area contributed by atoms with Crippen molar-refractivity contribution in [2.75, 3.05) is 5.75 Å². The third-order valence-corrected chi connectivity index (χ3v) is 6.65. The Morgan fingerprint density at radius 3 is 2.76 bits per heavy atom. The van der Waals surface area contributed by atoms with Gasteiger partial charge in [-0.05, 0) is 48.1 Å². The molecule has 0 radical (unpaired) electrons. The van der Waals surface area contributed by atoms with E-state index in [2.05, 4.69) is 45.0 Å². The van der Waals surface area contributed by atoms with Gasteiger partial charge in [0.05, 0.1) is 0 Å². The summed E-state index contributed by atoms with van der Waals surface area (Å²) in [6.45, 7) is 6.85. The van der Waals surface area contributed by atoms with E-state index < -0.39 is 0 Å². The molecular weight excluding hydrogens is 276 g/mol. The summed E-state index contributed by atoms with van der Waals surface area (Å²) in [6, 6.07) is 8.80. The zero-order valence-corrected chi connectivity index (χ0v) is 14.2. The predicted molar refractivity (Wildman–Crippen MR) is 89.8 cm³/mol. The average Bonchev–Trinajstić information content (AvgIpc) is 2.81. The molecule has 0 N–H and O–H groups in total. The van der Waals surface area contributed by atoms with E-state index in [0.717, 1.165) is 19.3 Å². The number of Topliss-reactive ketones (excluding diaryl/α,β-unsaturated/α-hetero) is 1. The Labute approximate surface area is 132 Å². The van der Waals surface area contributed by atoms with E-state index in [-0.39, 0.29) is 11.3 Å². The van der Waals surface area contributed by atoms with E-state index >= 15 is 0 Å². The summed E-state index contributed by atoms with van der Waals surface area (Å²) in [5, 5.41) is 0. The minimum absolute atomic E-state index is 0.125. The number of fused-ring (bicyclic) bond motifs is 1. The topological polar surface area (TPSA) is 17.1 Å². The van der Waals surface area contributed by atoms with Gasteiger partial charge in [-0.15, -0.1) is 11.8 Å². The third-order valence-electron chi connectivity index (χ3n) is 5.40. The Kier molecular flexibility index (Phi) is 4.18. The highest BCUT2D eigenvalue weighted by molar-refractivity contribution is 7.99. The molecule has 1 heterocycles. The summed E-state index contributed by atoms with van der Waals surface area (Å²) in [6.07, 6.45) is 4.25. The number of thioether (sulfide) groups is 1. The van der Waals surface area contributed by atoms with Crippen molar-refractivity contribution in [1.29, 1.82) is 0 Å². The molecular formula is C19H26OS. The second-order valence-electron chi connectivity index (χ2n) is 7.64. The summed E-state index contributed by atoms with van der Waals surface area (Å²) in [5.41, 5.74) is 1.63. The van der Waals surface area contributed by atoms with Crippen molar-refractivity contribution >= 4 is 17.5 Å². The number of hydrogen-bond acceptors (Lipinski definition) is 2. The molecule has 114 valence electrons. The third kappa shape index (κ3) is 3.06. The molecule has 1 fully saturated rings. The minimum atomic E-state index is 0.125. The van der Waals surface area contributed by atoms with Crippen LogP contribution in [0.25, 0.3) is 0 Å². The lowest BCUT2D eigenvalue weighted by Crippen LogP contribution is -2.36. The lowest BCUT2D eigenvalue weighted by Gasteiger charge is -2.39. The van der Waals surface area contributed by atoms with Crippen molar-refractivity contribution in [2.45, 2.75) is 57.3 Å². The zero-order valence-electron chi connectivity index (χ0n) is 13.4. The summed E-state index contributed by atoms with van der Waals surface area (Å²) in [5.74, 6) is 3.17. The first-order valence-electron chi connectivity index (χ1n) is 8.22. The Morgan fingerprint density at radius 2 is 2.00 bits per heavy atom. The fraction of sp³-hybridized carbons (Fsp3) is 0.632. The standard InChI is InChI=1S/C19H26OS/c1-13-8-9-16(17(20)10-13)19(2,3)11-14-12-21-18-7-5-4-6-15(14)18/h4-7,13-14,16H,8-12H2,1-3H3. The lowest BCUT2D eigenvalue weighted by molar-refractivity contribution is -0.130. The van der Waals surface area contributed by atoms with Crippen molar-refractivity contribution in [1.82, 2.24) is 0 Å². The van der Waals surface area contributed by atoms with Crippen LogP contribution in [0.15, 0.2) is 29.2 Å². The summed E-state index contributed by atoms with van der Waals surface area (Å²) < 4.78 is 0. The Balaban J connectivity index is 1.73. The Morgan fingerprint density at radius 1 is 1.24 bits per heavy atom. The normalized spacial score (nSPS) is 29.5. The molecule has 1 aliphatic heterocycles. The molecule has 1 saturated carbocycles. The van der Waals surface area contributed by atoms with Crippen molar-refractivity contribution in [3.63, 3.8) is 0 Å². The van der Waals surface area contributed by atoms with E-state index in [1.165, 1.54) is 22.6 Å². The van der Waals surface area contributed by atoms with Gasteiger partial charge in [0.2, 0.25) is 0 Å². The SMILES string of the molecule is CC1CCC(C(C)(C)CC2CSc3ccccc32)C(=O)C1. The minimum Gasteiger partial charge on any atom is -0.299 e. The number of benzene rings is 1. The van der Waals surface area contributed by atoms with Gasteiger partial charge in [0, 0.05) is 23.0 Å². The van der Waals surface area contributed by atoms with Crippen molar-refractivity contribution in [3.05, 3.63) is 29.8 Å². The highest BCUT2D eigenvalue weighted by atomic mass is 32.2. The molecule has 1 nitrogen and oxygen atoms in total. The van der Waals surface area contributed by atoms with Crippen LogP contribution in [0.2, 0.25) is 0 Å². The number of ketones is 1. The smallest absolute Gasteiger partial charge is 0.136 e. The fourth-order valence-corrected chi connectivity index (χ4v) is 5.46. The largest absolute Gasteiger partial charge is 0.299 e. The van der Waals surface area contributed by atoms with Crippen molar-refractivity contribution in [2.24, 2.45) is 17.3 Å². The van der Waals surface area contributed by atoms with Crippen LogP contribution in [0.5, 0.6) is 0 Å². The van der Waals surface area contributed by atoms with Crippen LogP contribution in [-0.4, -0.2) is 11.5 Å². The number of rotatable bonds is 3. The van der Waals surface area contributed by atoms with E-state index in [4.69, 9.17) is 0 Å². The van der Waals surface area contributed by atoms with Gasteiger partial charge in [-0.3, -0.25) is 4.79 Å². The molecule has 3 unspecified atom stereocenters. The monoisotopic (exact) mass is 302 g/mol. The van der Waals surface area contributed by atoms with E-state index in [1.54, 1.807) is 0 Å². The molecule has 1 aromatic carbocycles. The molecule has 21 heavy (non-hydrogen) atoms. The van der Waals surface area contributed by atoms with Crippen LogP contribution in [0, 0.1) is 17.3 Å². The summed E-state index contributed by atoms with van der Waals surface area (Å²) in [4.78, 5) is 13.9. The van der Waals surface area contributed by atoms with Gasteiger partial charge >= 0.3 is 0 Å². The van der Waals surface area contributed by atoms with E-state index in [9.17, 15) is 4.79 Å². The number of carbonyl (C=O) groups excluding carboxylic acids is 1. The highest BCUT2D eigenvalue weighted by Crippen LogP contribution is 2.49. The molecule has 1 aliphatic carbocycles. The maximum atomic E-state index is 12.5. The quantitative estimate of drug-likeness (QED) is 0.754. The molecule has 0 saturated heterocycles. The molecule has 2 heteroatoms. The van der Waals surface area contributed by atoms with Gasteiger partial charge in [0.1, 0.15) is 5.78 Å². The maximum absolute atomic E-state index is 12.5. The summed E-state index contributed by atoms with van der Waals surface area (Å²) >= 11 is 1.98. The van der Waals surface area contributed by atoms with Gasteiger partial charge in [-0.1, -0.05) is 39.0 Å². The molecule has 3 atom stereocenters. The second kappa shape index (κ2) is 5.79. The predicted octanol–water partition coefficient (Wildman–Crippen LogP) is 5.30. The molecule has 3 rings (SSSR count). The summed E-state index contributed by atoms with van der Waals surface area (Å²) in [7, 11) is 0. The van der Waals surface area contributed by atoms with Gasteiger partial charge in [-0.25, -0.2) is 0 Å². The average molecular weight is 302 g/mol. The molecule has 0 spiro atoms. The number of hydrogen-bond donors (Lipinski definition) is 0. The fourth-order valence-electron chi connectivity index (χ4n) is 4.20. The maximum Gasteiger partial charge on any atom is 0.136 e. The molecule has 1 aromatic rings. The van der Waals surface area contributed by atoms with Crippen LogP contribution in [0.1, 0.15) is 57.9 Å². The first kappa shape index (κ1) is 15.1.